The zero-order chi connectivity index (χ0) is 18.7. The van der Waals surface area contributed by atoms with E-state index < -0.39 is 10.0 Å². The second kappa shape index (κ2) is 6.94. The molecule has 0 saturated heterocycles. The van der Waals surface area contributed by atoms with E-state index in [4.69, 9.17) is 5.26 Å². The first-order valence-electron chi connectivity index (χ1n) is 7.81. The van der Waals surface area contributed by atoms with Gasteiger partial charge in [-0.2, -0.15) is 5.26 Å². The van der Waals surface area contributed by atoms with Crippen LogP contribution in [-0.2, 0) is 10.0 Å². The van der Waals surface area contributed by atoms with Crippen LogP contribution in [0, 0.1) is 25.2 Å². The van der Waals surface area contributed by atoms with Crippen LogP contribution >= 0.6 is 0 Å². The van der Waals surface area contributed by atoms with Crippen LogP contribution < -0.4 is 4.72 Å². The van der Waals surface area contributed by atoms with Gasteiger partial charge in [0, 0.05) is 24.2 Å². The van der Waals surface area contributed by atoms with Crippen molar-refractivity contribution in [3.8, 4) is 17.3 Å². The summed E-state index contributed by atoms with van der Waals surface area (Å²) in [6.45, 7) is 3.55. The molecule has 0 spiro atoms. The van der Waals surface area contributed by atoms with Crippen molar-refractivity contribution in [2.75, 3.05) is 4.72 Å². The smallest absolute Gasteiger partial charge is 0.263 e. The van der Waals surface area contributed by atoms with Crippen LogP contribution in [0.1, 0.15) is 16.7 Å². The van der Waals surface area contributed by atoms with Gasteiger partial charge in [-0.15, -0.1) is 0 Å². The van der Waals surface area contributed by atoms with Crippen molar-refractivity contribution >= 4 is 15.7 Å². The maximum Gasteiger partial charge on any atom is 0.263 e. The van der Waals surface area contributed by atoms with Gasteiger partial charge in [0.05, 0.1) is 16.9 Å². The van der Waals surface area contributed by atoms with E-state index in [1.807, 2.05) is 25.1 Å². The van der Waals surface area contributed by atoms with Crippen LogP contribution in [0.3, 0.4) is 0 Å². The van der Waals surface area contributed by atoms with Crippen molar-refractivity contribution in [2.24, 2.45) is 0 Å². The topological polar surface area (TPSA) is 95.7 Å². The predicted molar refractivity (Wildman–Crippen MR) is 98.9 cm³/mol. The highest BCUT2D eigenvalue weighted by atomic mass is 32.2. The van der Waals surface area contributed by atoms with Gasteiger partial charge in [-0.05, 0) is 49.2 Å². The van der Waals surface area contributed by atoms with Gasteiger partial charge in [0.25, 0.3) is 10.0 Å². The zero-order valence-corrected chi connectivity index (χ0v) is 15.1. The van der Waals surface area contributed by atoms with Gasteiger partial charge in [0.2, 0.25) is 0 Å². The Labute approximate surface area is 152 Å². The van der Waals surface area contributed by atoms with E-state index in [2.05, 4.69) is 14.7 Å². The SMILES string of the molecule is Cc1ccc(-c2ccc(C#N)cn2)cc1NS(=O)(=O)c1cnccc1C. The second-order valence-electron chi connectivity index (χ2n) is 5.82. The molecule has 0 saturated carbocycles. The molecule has 2 aromatic heterocycles. The Morgan fingerprint density at radius 1 is 1.04 bits per heavy atom. The fraction of sp³-hybridized carbons (Fsp3) is 0.105. The summed E-state index contributed by atoms with van der Waals surface area (Å²) < 4.78 is 28.0. The number of hydrogen-bond donors (Lipinski definition) is 1. The highest BCUT2D eigenvalue weighted by molar-refractivity contribution is 7.92. The van der Waals surface area contributed by atoms with Gasteiger partial charge >= 0.3 is 0 Å². The van der Waals surface area contributed by atoms with Crippen LogP contribution in [0.15, 0.2) is 59.9 Å². The Hall–Kier alpha value is -3.24. The van der Waals surface area contributed by atoms with Crippen LogP contribution in [0.2, 0.25) is 0 Å². The minimum absolute atomic E-state index is 0.140. The summed E-state index contributed by atoms with van der Waals surface area (Å²) in [5.74, 6) is 0. The van der Waals surface area contributed by atoms with Gasteiger partial charge < -0.3 is 0 Å². The first-order valence-corrected chi connectivity index (χ1v) is 9.29. The third kappa shape index (κ3) is 3.55. The molecule has 0 aliphatic heterocycles. The third-order valence-electron chi connectivity index (χ3n) is 3.95. The Kier molecular flexibility index (Phi) is 4.69. The van der Waals surface area contributed by atoms with Gasteiger partial charge in [0.15, 0.2) is 0 Å². The van der Waals surface area contributed by atoms with Gasteiger partial charge in [0.1, 0.15) is 11.0 Å². The summed E-state index contributed by atoms with van der Waals surface area (Å²) in [6, 6.07) is 12.5. The van der Waals surface area contributed by atoms with Crippen molar-refractivity contribution in [2.45, 2.75) is 18.7 Å². The lowest BCUT2D eigenvalue weighted by Gasteiger charge is -2.13. The van der Waals surface area contributed by atoms with E-state index in [1.165, 1.54) is 12.4 Å². The third-order valence-corrected chi connectivity index (χ3v) is 5.45. The predicted octanol–water partition coefficient (Wildman–Crippen LogP) is 3.43. The molecular formula is C19H16N4O2S. The fourth-order valence-electron chi connectivity index (χ4n) is 2.45. The average Bonchev–Trinajstić information content (AvgIpc) is 2.64. The number of benzene rings is 1. The van der Waals surface area contributed by atoms with Gasteiger partial charge in [-0.25, -0.2) is 8.42 Å². The molecule has 26 heavy (non-hydrogen) atoms. The molecule has 0 amide bonds. The number of anilines is 1. The quantitative estimate of drug-likeness (QED) is 0.765. The summed E-state index contributed by atoms with van der Waals surface area (Å²) >= 11 is 0. The lowest BCUT2D eigenvalue weighted by Crippen LogP contribution is -2.15. The molecule has 2 heterocycles. The molecule has 1 aromatic carbocycles. The molecule has 1 N–H and O–H groups in total. The molecule has 0 atom stereocenters. The molecule has 130 valence electrons. The van der Waals surface area contributed by atoms with Crippen molar-refractivity contribution in [1.82, 2.24) is 9.97 Å². The molecule has 0 fully saturated rings. The molecular weight excluding hydrogens is 348 g/mol. The van der Waals surface area contributed by atoms with Gasteiger partial charge in [-0.1, -0.05) is 12.1 Å². The lowest BCUT2D eigenvalue weighted by atomic mass is 10.1. The van der Waals surface area contributed by atoms with E-state index >= 15 is 0 Å². The van der Waals surface area contributed by atoms with E-state index in [0.717, 1.165) is 11.1 Å². The Bertz CT molecular complexity index is 1100. The van der Waals surface area contributed by atoms with E-state index in [-0.39, 0.29) is 4.90 Å². The maximum absolute atomic E-state index is 12.7. The summed E-state index contributed by atoms with van der Waals surface area (Å²) in [5.41, 5.74) is 3.75. The van der Waals surface area contributed by atoms with Crippen LogP contribution in [0.5, 0.6) is 0 Å². The molecule has 3 aromatic rings. The van der Waals surface area contributed by atoms with Gasteiger partial charge in [-0.3, -0.25) is 14.7 Å². The molecule has 0 radical (unpaired) electrons. The number of nitrogens with one attached hydrogen (secondary N) is 1. The number of rotatable bonds is 4. The number of aryl methyl sites for hydroxylation is 2. The zero-order valence-electron chi connectivity index (χ0n) is 14.3. The minimum atomic E-state index is -3.75. The van der Waals surface area contributed by atoms with Crippen LogP contribution in [0.4, 0.5) is 5.69 Å². The normalized spacial score (nSPS) is 11.0. The maximum atomic E-state index is 12.7. The van der Waals surface area contributed by atoms with E-state index in [9.17, 15) is 8.42 Å². The number of sulfonamides is 1. The lowest BCUT2D eigenvalue weighted by molar-refractivity contribution is 0.600. The van der Waals surface area contributed by atoms with Crippen molar-refractivity contribution in [1.29, 1.82) is 5.26 Å². The summed E-state index contributed by atoms with van der Waals surface area (Å²) in [6.07, 6.45) is 4.37. The number of nitriles is 1. The molecule has 7 heteroatoms. The standard InChI is InChI=1S/C19H16N4O2S/c1-13-3-5-16(17-6-4-15(10-20)11-22-17)9-18(13)23-26(24,25)19-12-21-8-7-14(19)2/h3-9,11-12,23H,1-2H3. The monoisotopic (exact) mass is 364 g/mol. The summed E-state index contributed by atoms with van der Waals surface area (Å²) in [4.78, 5) is 8.29. The Morgan fingerprint density at radius 3 is 2.50 bits per heavy atom. The Morgan fingerprint density at radius 2 is 1.85 bits per heavy atom. The van der Waals surface area contributed by atoms with Crippen LogP contribution in [0.25, 0.3) is 11.3 Å². The molecule has 0 bridgehead atoms. The highest BCUT2D eigenvalue weighted by Crippen LogP contribution is 2.26. The van der Waals surface area contributed by atoms with Crippen LogP contribution in [-0.4, -0.2) is 18.4 Å². The second-order valence-corrected chi connectivity index (χ2v) is 7.47. The fourth-order valence-corrected chi connectivity index (χ4v) is 3.76. The first-order chi connectivity index (χ1) is 12.4. The summed E-state index contributed by atoms with van der Waals surface area (Å²) in [5, 5.41) is 8.87. The number of nitrogens with zero attached hydrogens (tertiary/aromatic N) is 3. The molecule has 0 aliphatic rings. The molecule has 3 rings (SSSR count). The van der Waals surface area contributed by atoms with E-state index in [0.29, 0.717) is 22.5 Å². The first kappa shape index (κ1) is 17.6. The summed E-state index contributed by atoms with van der Waals surface area (Å²) in [7, 11) is -3.75. The van der Waals surface area contributed by atoms with E-state index in [1.54, 1.807) is 37.4 Å². The largest absolute Gasteiger partial charge is 0.279 e. The number of hydrogen-bond acceptors (Lipinski definition) is 5. The average molecular weight is 364 g/mol. The highest BCUT2D eigenvalue weighted by Gasteiger charge is 2.18. The molecule has 0 aliphatic carbocycles. The molecule has 0 unspecified atom stereocenters. The van der Waals surface area contributed by atoms with Crippen molar-refractivity contribution in [3.63, 3.8) is 0 Å². The minimum Gasteiger partial charge on any atom is -0.279 e. The van der Waals surface area contributed by atoms with Crippen molar-refractivity contribution < 1.29 is 8.42 Å². The van der Waals surface area contributed by atoms with Crippen molar-refractivity contribution in [3.05, 3.63) is 71.7 Å². The number of aromatic nitrogens is 2. The Balaban J connectivity index is 1.98. The molecule has 6 nitrogen and oxygen atoms in total. The number of pyridine rings is 2.